The van der Waals surface area contributed by atoms with Gasteiger partial charge in [-0.25, -0.2) is 0 Å². The fraction of sp³-hybridized carbons (Fsp3) is 0.933. The molecule has 1 aliphatic heterocycles. The van der Waals surface area contributed by atoms with E-state index < -0.39 is 5.54 Å². The standard InChI is InChI=1S/C15H29N3O/c1-12-6-3-2-4-10-18(12)11-8-13-7-5-9-15(13,17)14(16)19/h12-13H,2-11,17H2,1H3,(H2,16,19). The number of carbonyl (C=O) groups is 1. The van der Waals surface area contributed by atoms with Crippen LogP contribution in [0.1, 0.15) is 58.3 Å². The third-order valence-corrected chi connectivity index (χ3v) is 5.29. The molecular weight excluding hydrogens is 238 g/mol. The Morgan fingerprint density at radius 3 is 2.79 bits per heavy atom. The van der Waals surface area contributed by atoms with Gasteiger partial charge in [0.1, 0.15) is 0 Å². The van der Waals surface area contributed by atoms with Gasteiger partial charge in [-0.15, -0.1) is 0 Å². The fourth-order valence-electron chi connectivity index (χ4n) is 3.82. The van der Waals surface area contributed by atoms with Crippen molar-refractivity contribution in [3.8, 4) is 0 Å². The van der Waals surface area contributed by atoms with Crippen molar-refractivity contribution in [1.82, 2.24) is 4.90 Å². The molecule has 2 rings (SSSR count). The first-order valence-corrected chi connectivity index (χ1v) is 7.87. The molecule has 4 heteroatoms. The summed E-state index contributed by atoms with van der Waals surface area (Å²) >= 11 is 0. The minimum Gasteiger partial charge on any atom is -0.368 e. The maximum absolute atomic E-state index is 11.6. The predicted molar refractivity (Wildman–Crippen MR) is 77.6 cm³/mol. The minimum atomic E-state index is -0.741. The van der Waals surface area contributed by atoms with Crippen LogP contribution >= 0.6 is 0 Å². The second-order valence-corrected chi connectivity index (χ2v) is 6.52. The van der Waals surface area contributed by atoms with Crippen molar-refractivity contribution in [2.24, 2.45) is 17.4 Å². The summed E-state index contributed by atoms with van der Waals surface area (Å²) in [6.07, 6.45) is 9.19. The number of carbonyl (C=O) groups excluding carboxylic acids is 1. The molecule has 2 fully saturated rings. The Morgan fingerprint density at radius 1 is 1.26 bits per heavy atom. The topological polar surface area (TPSA) is 72.3 Å². The Morgan fingerprint density at radius 2 is 2.05 bits per heavy atom. The molecule has 1 aliphatic carbocycles. The Kier molecular flexibility index (Phi) is 4.85. The molecule has 1 saturated heterocycles. The molecule has 0 aromatic rings. The van der Waals surface area contributed by atoms with Crippen LogP contribution < -0.4 is 11.5 Å². The number of nitrogens with two attached hydrogens (primary N) is 2. The molecule has 4 N–H and O–H groups in total. The molecule has 4 nitrogen and oxygen atoms in total. The van der Waals surface area contributed by atoms with E-state index in [-0.39, 0.29) is 11.8 Å². The maximum Gasteiger partial charge on any atom is 0.237 e. The van der Waals surface area contributed by atoms with Crippen LogP contribution in [0.15, 0.2) is 0 Å². The second kappa shape index (κ2) is 6.23. The number of hydrogen-bond acceptors (Lipinski definition) is 3. The largest absolute Gasteiger partial charge is 0.368 e. The van der Waals surface area contributed by atoms with E-state index in [2.05, 4.69) is 11.8 Å². The molecule has 2 aliphatic rings. The van der Waals surface area contributed by atoms with Crippen molar-refractivity contribution in [3.05, 3.63) is 0 Å². The van der Waals surface area contributed by atoms with E-state index >= 15 is 0 Å². The predicted octanol–water partition coefficient (Wildman–Crippen LogP) is 1.62. The van der Waals surface area contributed by atoms with E-state index in [9.17, 15) is 4.79 Å². The van der Waals surface area contributed by atoms with Crippen molar-refractivity contribution in [2.45, 2.75) is 69.9 Å². The summed E-state index contributed by atoms with van der Waals surface area (Å²) in [4.78, 5) is 14.2. The SMILES string of the molecule is CC1CCCCCN1CCC1CCCC1(N)C(N)=O. The smallest absolute Gasteiger partial charge is 0.237 e. The minimum absolute atomic E-state index is 0.278. The Labute approximate surface area is 116 Å². The van der Waals surface area contributed by atoms with Gasteiger partial charge in [-0.3, -0.25) is 4.79 Å². The molecule has 1 saturated carbocycles. The van der Waals surface area contributed by atoms with Crippen LogP contribution in [0, 0.1) is 5.92 Å². The van der Waals surface area contributed by atoms with Crippen molar-refractivity contribution in [3.63, 3.8) is 0 Å². The Hall–Kier alpha value is -0.610. The summed E-state index contributed by atoms with van der Waals surface area (Å²) in [5.41, 5.74) is 11.0. The van der Waals surface area contributed by atoms with E-state index in [1.807, 2.05) is 0 Å². The van der Waals surface area contributed by atoms with Gasteiger partial charge in [0.05, 0.1) is 5.54 Å². The lowest BCUT2D eigenvalue weighted by Gasteiger charge is -2.32. The molecule has 19 heavy (non-hydrogen) atoms. The van der Waals surface area contributed by atoms with Gasteiger partial charge in [0.25, 0.3) is 0 Å². The summed E-state index contributed by atoms with van der Waals surface area (Å²) in [6, 6.07) is 0.671. The van der Waals surface area contributed by atoms with Gasteiger partial charge in [0.2, 0.25) is 5.91 Å². The van der Waals surface area contributed by atoms with Gasteiger partial charge in [0, 0.05) is 6.04 Å². The third kappa shape index (κ3) is 3.29. The van der Waals surface area contributed by atoms with E-state index in [1.165, 1.54) is 32.2 Å². The number of rotatable bonds is 4. The van der Waals surface area contributed by atoms with Crippen molar-refractivity contribution < 1.29 is 4.79 Å². The fourth-order valence-corrected chi connectivity index (χ4v) is 3.82. The molecule has 0 radical (unpaired) electrons. The second-order valence-electron chi connectivity index (χ2n) is 6.52. The normalized spacial score (nSPS) is 37.2. The average Bonchev–Trinajstić information content (AvgIpc) is 2.63. The molecular formula is C15H29N3O. The van der Waals surface area contributed by atoms with Gasteiger partial charge in [-0.2, -0.15) is 0 Å². The summed E-state index contributed by atoms with van der Waals surface area (Å²) in [6.45, 7) is 4.59. The van der Waals surface area contributed by atoms with E-state index in [4.69, 9.17) is 11.5 Å². The summed E-state index contributed by atoms with van der Waals surface area (Å²) in [7, 11) is 0. The van der Waals surface area contributed by atoms with Gasteiger partial charge < -0.3 is 16.4 Å². The van der Waals surface area contributed by atoms with Gasteiger partial charge in [-0.05, 0) is 58.0 Å². The lowest BCUT2D eigenvalue weighted by Crippen LogP contribution is -2.55. The first-order chi connectivity index (χ1) is 9.04. The lowest BCUT2D eigenvalue weighted by molar-refractivity contribution is -0.124. The zero-order valence-corrected chi connectivity index (χ0v) is 12.2. The highest BCUT2D eigenvalue weighted by Gasteiger charge is 2.44. The number of hydrogen-bond donors (Lipinski definition) is 2. The molecule has 110 valence electrons. The number of nitrogens with zero attached hydrogens (tertiary/aromatic N) is 1. The first-order valence-electron chi connectivity index (χ1n) is 7.87. The molecule has 0 aromatic heterocycles. The van der Waals surface area contributed by atoms with Crippen LogP contribution in [0.5, 0.6) is 0 Å². The molecule has 0 bridgehead atoms. The van der Waals surface area contributed by atoms with Crippen LogP contribution in [0.4, 0.5) is 0 Å². The van der Waals surface area contributed by atoms with Crippen molar-refractivity contribution in [1.29, 1.82) is 0 Å². The molecule has 1 heterocycles. The Balaban J connectivity index is 1.88. The van der Waals surface area contributed by atoms with Crippen LogP contribution in [0.25, 0.3) is 0 Å². The van der Waals surface area contributed by atoms with Crippen molar-refractivity contribution >= 4 is 5.91 Å². The van der Waals surface area contributed by atoms with Crippen molar-refractivity contribution in [2.75, 3.05) is 13.1 Å². The summed E-state index contributed by atoms with van der Waals surface area (Å²) in [5.74, 6) is -0.0284. The van der Waals surface area contributed by atoms with Crippen LogP contribution in [0.3, 0.4) is 0 Å². The number of likely N-dealkylation sites (tertiary alicyclic amines) is 1. The maximum atomic E-state index is 11.6. The Bertz CT molecular complexity index is 321. The average molecular weight is 267 g/mol. The van der Waals surface area contributed by atoms with Crippen LogP contribution in [-0.4, -0.2) is 35.5 Å². The van der Waals surface area contributed by atoms with Crippen LogP contribution in [-0.2, 0) is 4.79 Å². The quantitative estimate of drug-likeness (QED) is 0.813. The summed E-state index contributed by atoms with van der Waals surface area (Å²) < 4.78 is 0. The molecule has 1 amide bonds. The van der Waals surface area contributed by atoms with Gasteiger partial charge >= 0.3 is 0 Å². The lowest BCUT2D eigenvalue weighted by atomic mass is 9.85. The molecule has 3 atom stereocenters. The highest BCUT2D eigenvalue weighted by molar-refractivity contribution is 5.85. The van der Waals surface area contributed by atoms with Gasteiger partial charge in [-0.1, -0.05) is 19.3 Å². The number of amides is 1. The monoisotopic (exact) mass is 267 g/mol. The molecule has 0 spiro atoms. The van der Waals surface area contributed by atoms with E-state index in [1.54, 1.807) is 0 Å². The van der Waals surface area contributed by atoms with E-state index in [0.29, 0.717) is 6.04 Å². The first kappa shape index (κ1) is 14.8. The number of primary amides is 1. The van der Waals surface area contributed by atoms with E-state index in [0.717, 1.165) is 32.2 Å². The zero-order chi connectivity index (χ0) is 13.9. The zero-order valence-electron chi connectivity index (χ0n) is 12.2. The highest BCUT2D eigenvalue weighted by atomic mass is 16.1. The van der Waals surface area contributed by atoms with Crippen LogP contribution in [0.2, 0.25) is 0 Å². The molecule has 3 unspecified atom stereocenters. The summed E-state index contributed by atoms with van der Waals surface area (Å²) in [5, 5.41) is 0. The van der Waals surface area contributed by atoms with Gasteiger partial charge in [0.15, 0.2) is 0 Å². The molecule has 0 aromatic carbocycles. The highest BCUT2D eigenvalue weighted by Crippen LogP contribution is 2.36. The third-order valence-electron chi connectivity index (χ3n) is 5.29.